The summed E-state index contributed by atoms with van der Waals surface area (Å²) in [5, 5.41) is -3.28. The molecule has 12 aromatic rings. The smallest absolute Gasteiger partial charge is 0.235 e. The van der Waals surface area contributed by atoms with Gasteiger partial charge in [0.2, 0.25) is 5.95 Å². The van der Waals surface area contributed by atoms with Crippen molar-refractivity contribution in [3.05, 3.63) is 188 Å². The minimum atomic E-state index is -1.20. The lowest BCUT2D eigenvalue weighted by atomic mass is 10.0. The second-order valence-corrected chi connectivity index (χ2v) is 12.1. The largest absolute Gasteiger partial charge is 0.306 e. The van der Waals surface area contributed by atoms with Gasteiger partial charge in [0, 0.05) is 55.8 Å². The molecule has 266 valence electrons. The number of rotatable bonds is 5. The molecule has 0 radical (unpaired) electrons. The van der Waals surface area contributed by atoms with Crippen LogP contribution in [0.25, 0.3) is 105 Å². The molecule has 6 aromatic carbocycles. The third-order valence-electron chi connectivity index (χ3n) is 9.22. The molecule has 6 aromatic heterocycles. The first-order chi connectivity index (χ1) is 40.7. The van der Waals surface area contributed by atoms with E-state index in [0.29, 0.717) is 4.57 Å². The minimum absolute atomic E-state index is 0.442. The quantitative estimate of drug-likeness (QED) is 0.175. The van der Waals surface area contributed by atoms with E-state index in [0.717, 1.165) is 15.2 Å². The Kier molecular flexibility index (Phi) is 3.02. The van der Waals surface area contributed by atoms with E-state index >= 15 is 0 Å². The number of para-hydroxylation sites is 5. The molecule has 0 N–H and O–H groups in total. The van der Waals surface area contributed by atoms with Crippen molar-refractivity contribution >= 4 is 65.4 Å². The maximum Gasteiger partial charge on any atom is 0.235 e. The molecule has 0 saturated carbocycles. The molecule has 0 bridgehead atoms. The first-order valence-electron chi connectivity index (χ1n) is 31.6. The summed E-state index contributed by atoms with van der Waals surface area (Å²) in [6.07, 6.45) is -3.68. The van der Waals surface area contributed by atoms with Crippen molar-refractivity contribution < 1.29 is 41.1 Å². The molecule has 0 aliphatic heterocycles. The van der Waals surface area contributed by atoms with Crippen molar-refractivity contribution in [3.63, 3.8) is 0 Å². The van der Waals surface area contributed by atoms with Crippen molar-refractivity contribution in [2.45, 2.75) is 0 Å². The van der Waals surface area contributed by atoms with E-state index < -0.39 is 287 Å². The molecular formula is C50H31N7. The molecule has 0 atom stereocenters. The number of pyridine rings is 2. The van der Waals surface area contributed by atoms with E-state index in [1.807, 2.05) is 0 Å². The van der Waals surface area contributed by atoms with Crippen LogP contribution in [0.5, 0.6) is 0 Å². The molecule has 0 saturated heterocycles. The van der Waals surface area contributed by atoms with E-state index in [1.165, 1.54) is 0 Å². The van der Waals surface area contributed by atoms with Gasteiger partial charge < -0.3 is 9.13 Å². The number of nitrogens with zero attached hydrogens (tertiary/aromatic N) is 7. The number of fused-ring (bicyclic) bond motifs is 9. The molecule has 6 heterocycles. The maximum atomic E-state index is 10.2. The lowest BCUT2D eigenvalue weighted by molar-refractivity contribution is 0.993. The van der Waals surface area contributed by atoms with Crippen LogP contribution >= 0.6 is 0 Å². The average Bonchev–Trinajstić information content (AvgIpc) is 1.59. The van der Waals surface area contributed by atoms with Crippen LogP contribution in [0.1, 0.15) is 41.1 Å². The molecule has 0 spiro atoms. The zero-order valence-corrected chi connectivity index (χ0v) is 28.2. The van der Waals surface area contributed by atoms with Crippen LogP contribution in [0.3, 0.4) is 0 Å². The Morgan fingerprint density at radius 3 is 1.60 bits per heavy atom. The Bertz CT molecular complexity index is 5200. The molecule has 57 heavy (non-hydrogen) atoms. The maximum absolute atomic E-state index is 10.2. The van der Waals surface area contributed by atoms with Crippen molar-refractivity contribution in [3.8, 4) is 39.8 Å². The van der Waals surface area contributed by atoms with Crippen molar-refractivity contribution in [2.24, 2.45) is 0 Å². The Balaban J connectivity index is 1.45. The molecule has 0 unspecified atom stereocenters. The molecule has 12 rings (SSSR count). The topological polar surface area (TPSA) is 66.3 Å². The highest BCUT2D eigenvalue weighted by Gasteiger charge is 2.24. The molecule has 7 nitrogen and oxygen atoms in total. The molecule has 0 fully saturated rings. The van der Waals surface area contributed by atoms with Gasteiger partial charge >= 0.3 is 0 Å². The summed E-state index contributed by atoms with van der Waals surface area (Å²) in [4.78, 5) is 17.1. The minimum Gasteiger partial charge on any atom is -0.306 e. The lowest BCUT2D eigenvalue weighted by Crippen LogP contribution is -2.08. The van der Waals surface area contributed by atoms with Crippen LogP contribution in [-0.4, -0.2) is 33.6 Å². The zero-order chi connectivity index (χ0) is 63.6. The summed E-state index contributed by atoms with van der Waals surface area (Å²) in [7, 11) is 0. The van der Waals surface area contributed by atoms with Gasteiger partial charge in [0.1, 0.15) is 0 Å². The van der Waals surface area contributed by atoms with Crippen LogP contribution in [0.15, 0.2) is 188 Å². The SMILES string of the molecule is [2H]c1cc2c(c([2H])c1[2H])c1c([2H])c([2H])nc([2H])c1n2-c1c([2H])c([2H])c([2H])c(-c2nc(-n3c4c([2H])c([2H])c([2H])c([2H])c4c4c([2H])c([2H])c([2H])c([2H])c43)nc(-c3c([2H])c([2H])c([2H])c([2H])c3[2H])c2[2H])c1-n1c2c([2H])nc([2H])c([2H])c2c2c([2H])c([2H])c([2H])c([2H])c21. The number of benzene rings is 6. The van der Waals surface area contributed by atoms with Gasteiger partial charge in [-0.2, -0.15) is 0 Å². The van der Waals surface area contributed by atoms with Gasteiger partial charge in [0.05, 0.1) is 109 Å². The summed E-state index contributed by atoms with van der Waals surface area (Å²) in [5.74, 6) is -1.03. The van der Waals surface area contributed by atoms with E-state index in [-0.39, 0.29) is 0 Å². The van der Waals surface area contributed by atoms with Crippen molar-refractivity contribution in [1.82, 2.24) is 33.6 Å². The monoisotopic (exact) mass is 759 g/mol. The Morgan fingerprint density at radius 1 is 0.404 bits per heavy atom. The van der Waals surface area contributed by atoms with Gasteiger partial charge in [-0.15, -0.1) is 0 Å². The fraction of sp³-hybridized carbons (Fsp3) is 0. The summed E-state index contributed by atoms with van der Waals surface area (Å²) in [6, 6.07) is -23.9. The van der Waals surface area contributed by atoms with Crippen molar-refractivity contribution in [2.75, 3.05) is 0 Å². The standard InChI is InChI=1S/C50H31N7/c1-2-13-32(14-3-1)40-29-41(54-50(53-40)57-44-22-10-6-15-33(44)34-16-7-11-23-45(34)57)39-19-12-24-46(55-42-20-8-4-17-35(42)37-25-27-51-30-47(37)55)49(39)56-43-21-9-5-18-36(43)38-26-28-52-31-48(38)56/h1-31H/i1D,2D,3D,4D,5D,6D,7D,8D,9D,10D,11D,12D,13D,14D,15D,16D,17D,18D,19D,21D,22D,23D,24D,25D,26D,27D,28D,29D,30D,31D. The van der Waals surface area contributed by atoms with E-state index in [9.17, 15) is 19.2 Å². The first kappa shape index (κ1) is 14.0. The van der Waals surface area contributed by atoms with Gasteiger partial charge in [-0.25, -0.2) is 9.97 Å². The van der Waals surface area contributed by atoms with Crippen LogP contribution in [0.4, 0.5) is 0 Å². The van der Waals surface area contributed by atoms with Gasteiger partial charge in [-0.3, -0.25) is 14.5 Å². The van der Waals surface area contributed by atoms with Crippen molar-refractivity contribution in [1.29, 1.82) is 0 Å². The molecule has 0 aliphatic carbocycles. The van der Waals surface area contributed by atoms with Crippen LogP contribution in [0, 0.1) is 0 Å². The summed E-state index contributed by atoms with van der Waals surface area (Å²) in [6.45, 7) is 0. The molecule has 7 heteroatoms. The zero-order valence-electron chi connectivity index (χ0n) is 58.2. The summed E-state index contributed by atoms with van der Waals surface area (Å²) in [5.41, 5.74) is -9.79. The van der Waals surface area contributed by atoms with E-state index in [2.05, 4.69) is 15.0 Å². The highest BCUT2D eigenvalue weighted by Crippen LogP contribution is 2.42. The van der Waals surface area contributed by atoms with Gasteiger partial charge in [-0.1, -0.05) is 115 Å². The van der Waals surface area contributed by atoms with E-state index in [4.69, 9.17) is 26.9 Å². The molecule has 0 aliphatic rings. The van der Waals surface area contributed by atoms with Gasteiger partial charge in [0.25, 0.3) is 0 Å². The fourth-order valence-corrected chi connectivity index (χ4v) is 6.95. The molecule has 0 amide bonds. The average molecular weight is 760 g/mol. The lowest BCUT2D eigenvalue weighted by Gasteiger charge is -2.21. The number of aromatic nitrogens is 7. The predicted molar refractivity (Wildman–Crippen MR) is 232 cm³/mol. The number of hydrogen-bond acceptors (Lipinski definition) is 4. The highest BCUT2D eigenvalue weighted by molar-refractivity contribution is 6.12. The normalized spacial score (nSPS) is 19.2. The Labute approximate surface area is 368 Å². The third kappa shape index (κ3) is 4.66. The Hall–Kier alpha value is -7.90. The summed E-state index contributed by atoms with van der Waals surface area (Å²) >= 11 is 0. The van der Waals surface area contributed by atoms with Crippen LogP contribution in [0.2, 0.25) is 0 Å². The highest BCUT2D eigenvalue weighted by atomic mass is 15.2. The number of hydrogen-bond donors (Lipinski definition) is 0. The third-order valence-corrected chi connectivity index (χ3v) is 9.22. The van der Waals surface area contributed by atoms with Crippen LogP contribution < -0.4 is 0 Å². The first-order valence-corrected chi connectivity index (χ1v) is 16.6. The molecular weight excluding hydrogens is 699 g/mol. The second kappa shape index (κ2) is 12.3. The fourth-order valence-electron chi connectivity index (χ4n) is 6.95. The van der Waals surface area contributed by atoms with E-state index in [1.54, 1.807) is 0 Å². The van der Waals surface area contributed by atoms with Gasteiger partial charge in [0.15, 0.2) is 0 Å². The Morgan fingerprint density at radius 2 is 0.930 bits per heavy atom. The van der Waals surface area contributed by atoms with Crippen LogP contribution in [-0.2, 0) is 0 Å². The predicted octanol–water partition coefficient (Wildman–Crippen LogP) is 11.9. The van der Waals surface area contributed by atoms with Gasteiger partial charge in [-0.05, 0) is 48.4 Å². The second-order valence-electron chi connectivity index (χ2n) is 12.1. The summed E-state index contributed by atoms with van der Waals surface area (Å²) < 4.78 is 276.